The average Bonchev–Trinajstić information content (AvgIpc) is 3.08. The molecule has 0 aliphatic carbocycles. The summed E-state index contributed by atoms with van der Waals surface area (Å²) in [5.41, 5.74) is 0. The van der Waals surface area contributed by atoms with Crippen molar-refractivity contribution >= 4 is 5.97 Å². The number of hydrogen-bond acceptors (Lipinski definition) is 9. The van der Waals surface area contributed by atoms with Gasteiger partial charge < -0.3 is 39.4 Å². The van der Waals surface area contributed by atoms with Crippen LogP contribution in [0.1, 0.15) is 117 Å². The Morgan fingerprint density at radius 3 is 1.90 bits per heavy atom. The Morgan fingerprint density at radius 1 is 0.688 bits per heavy atom. The van der Waals surface area contributed by atoms with Gasteiger partial charge >= 0.3 is 5.97 Å². The summed E-state index contributed by atoms with van der Waals surface area (Å²) < 4.78 is 22.5. The number of unbranched alkanes of at least 4 members (excludes halogenated alkanes) is 8. The summed E-state index contributed by atoms with van der Waals surface area (Å²) in [6.45, 7) is 4.26. The second-order valence-corrected chi connectivity index (χ2v) is 12.3. The lowest BCUT2D eigenvalue weighted by molar-refractivity contribution is -0.305. The zero-order chi connectivity index (χ0) is 35.1. The standard InChI is InChI=1S/C39H66O9/c1-3-5-7-9-10-11-12-13-14-15-16-17-18-19-20-21-22-23-25-27-29-45-31-33(47-35(41)28-26-24-8-6-4-2)32-46-39-38(44)37(43)36(42)34(30-40)48-39/h5,7,10-11,13-14,16-17,19-20,33-34,36-40,42-44H,3-4,6,8-9,12,15,18,21-32H2,1-2H3/b7-5-,11-10-,14-13-,17-16-,20-19-. The van der Waals surface area contributed by atoms with Crippen molar-refractivity contribution in [2.75, 3.05) is 26.4 Å². The van der Waals surface area contributed by atoms with Crippen molar-refractivity contribution in [2.24, 2.45) is 0 Å². The third kappa shape index (κ3) is 22.5. The largest absolute Gasteiger partial charge is 0.457 e. The second kappa shape index (κ2) is 30.9. The van der Waals surface area contributed by atoms with E-state index in [9.17, 15) is 25.2 Å². The number of hydrogen-bond donors (Lipinski definition) is 4. The molecule has 4 N–H and O–H groups in total. The van der Waals surface area contributed by atoms with Gasteiger partial charge in [-0.05, 0) is 57.8 Å². The summed E-state index contributed by atoms with van der Waals surface area (Å²) >= 11 is 0. The van der Waals surface area contributed by atoms with E-state index in [4.69, 9.17) is 18.9 Å². The SMILES string of the molecule is CC/C=C\C/C=C\C/C=C\C/C=C\C/C=C\CCCCCCOCC(COC1OC(CO)C(O)C(O)C1O)OC(=O)CCCCCCC. The van der Waals surface area contributed by atoms with Gasteiger partial charge in [-0.2, -0.15) is 0 Å². The molecule has 9 nitrogen and oxygen atoms in total. The predicted molar refractivity (Wildman–Crippen MR) is 191 cm³/mol. The van der Waals surface area contributed by atoms with Crippen LogP contribution in [0.3, 0.4) is 0 Å². The van der Waals surface area contributed by atoms with Gasteiger partial charge in [0.1, 0.15) is 30.5 Å². The van der Waals surface area contributed by atoms with Crippen LogP contribution in [-0.4, -0.2) is 89.6 Å². The second-order valence-electron chi connectivity index (χ2n) is 12.3. The Balaban J connectivity index is 2.26. The third-order valence-electron chi connectivity index (χ3n) is 7.95. The van der Waals surface area contributed by atoms with Crippen molar-refractivity contribution in [3.05, 3.63) is 60.8 Å². The van der Waals surface area contributed by atoms with Crippen LogP contribution in [0, 0.1) is 0 Å². The van der Waals surface area contributed by atoms with Gasteiger partial charge in [-0.1, -0.05) is 113 Å². The van der Waals surface area contributed by atoms with Crippen molar-refractivity contribution in [1.82, 2.24) is 0 Å². The lowest BCUT2D eigenvalue weighted by atomic mass is 9.99. The number of esters is 1. The van der Waals surface area contributed by atoms with Crippen molar-refractivity contribution in [1.29, 1.82) is 0 Å². The number of aliphatic hydroxyl groups is 4. The molecule has 1 aliphatic rings. The quantitative estimate of drug-likeness (QED) is 0.0383. The first-order valence-electron chi connectivity index (χ1n) is 18.4. The number of carbonyl (C=O) groups excluding carboxylic acids is 1. The highest BCUT2D eigenvalue weighted by Gasteiger charge is 2.44. The Hall–Kier alpha value is -2.11. The van der Waals surface area contributed by atoms with Crippen molar-refractivity contribution < 1.29 is 44.2 Å². The smallest absolute Gasteiger partial charge is 0.306 e. The van der Waals surface area contributed by atoms with Crippen molar-refractivity contribution in [3.8, 4) is 0 Å². The number of ether oxygens (including phenoxy) is 4. The molecule has 0 aromatic rings. The predicted octanol–water partition coefficient (Wildman–Crippen LogP) is 6.79. The number of rotatable bonds is 29. The maximum atomic E-state index is 12.5. The van der Waals surface area contributed by atoms with E-state index < -0.39 is 43.4 Å². The van der Waals surface area contributed by atoms with Gasteiger partial charge in [0.25, 0.3) is 0 Å². The molecular formula is C39H66O9. The minimum absolute atomic E-state index is 0.124. The molecule has 1 saturated heterocycles. The molecule has 0 saturated carbocycles. The zero-order valence-electron chi connectivity index (χ0n) is 29.7. The summed E-state index contributed by atoms with van der Waals surface area (Å²) in [5, 5.41) is 39.7. The van der Waals surface area contributed by atoms with Crippen LogP contribution >= 0.6 is 0 Å². The molecule has 0 bridgehead atoms. The third-order valence-corrected chi connectivity index (χ3v) is 7.95. The Labute approximate surface area is 290 Å². The summed E-state index contributed by atoms with van der Waals surface area (Å²) in [6, 6.07) is 0. The summed E-state index contributed by atoms with van der Waals surface area (Å²) in [6.07, 6.45) is 30.0. The highest BCUT2D eigenvalue weighted by atomic mass is 16.7. The molecule has 6 atom stereocenters. The first-order valence-corrected chi connectivity index (χ1v) is 18.4. The summed E-state index contributed by atoms with van der Waals surface area (Å²) in [4.78, 5) is 12.5. The molecule has 0 aromatic heterocycles. The molecule has 1 fully saturated rings. The van der Waals surface area contributed by atoms with E-state index >= 15 is 0 Å². The molecule has 0 spiro atoms. The highest BCUT2D eigenvalue weighted by molar-refractivity contribution is 5.69. The first kappa shape index (κ1) is 43.9. The molecule has 6 unspecified atom stereocenters. The first-order chi connectivity index (χ1) is 23.4. The van der Waals surface area contributed by atoms with E-state index in [1.54, 1.807) is 0 Å². The molecule has 1 aliphatic heterocycles. The molecular weight excluding hydrogens is 612 g/mol. The van der Waals surface area contributed by atoms with Gasteiger partial charge in [-0.25, -0.2) is 0 Å². The van der Waals surface area contributed by atoms with Crippen LogP contribution < -0.4 is 0 Å². The van der Waals surface area contributed by atoms with Gasteiger partial charge in [0.2, 0.25) is 0 Å². The number of carbonyl (C=O) groups is 1. The van der Waals surface area contributed by atoms with Crippen molar-refractivity contribution in [3.63, 3.8) is 0 Å². The number of allylic oxidation sites excluding steroid dienone is 10. The van der Waals surface area contributed by atoms with Gasteiger partial charge in [0.05, 0.1) is 19.8 Å². The molecule has 48 heavy (non-hydrogen) atoms. The van der Waals surface area contributed by atoms with Crippen LogP contribution in [0.15, 0.2) is 60.8 Å². The van der Waals surface area contributed by atoms with E-state index in [1.807, 2.05) is 0 Å². The Kier molecular flexibility index (Phi) is 28.3. The minimum Gasteiger partial charge on any atom is -0.457 e. The highest BCUT2D eigenvalue weighted by Crippen LogP contribution is 2.22. The van der Waals surface area contributed by atoms with E-state index in [1.165, 1.54) is 0 Å². The molecule has 0 amide bonds. The maximum absolute atomic E-state index is 12.5. The molecule has 1 rings (SSSR count). The summed E-state index contributed by atoms with van der Waals surface area (Å²) in [5.74, 6) is -0.340. The normalized spacial score (nSPS) is 22.7. The summed E-state index contributed by atoms with van der Waals surface area (Å²) in [7, 11) is 0. The van der Waals surface area contributed by atoms with E-state index in [-0.39, 0.29) is 19.2 Å². The van der Waals surface area contributed by atoms with E-state index in [0.29, 0.717) is 13.0 Å². The van der Waals surface area contributed by atoms with Gasteiger partial charge in [0.15, 0.2) is 6.29 Å². The molecule has 0 radical (unpaired) electrons. The van der Waals surface area contributed by atoms with Crippen LogP contribution in [0.5, 0.6) is 0 Å². The fraction of sp³-hybridized carbons (Fsp3) is 0.718. The van der Waals surface area contributed by atoms with Gasteiger partial charge in [0, 0.05) is 13.0 Å². The molecule has 276 valence electrons. The number of aliphatic hydroxyl groups excluding tert-OH is 4. The Bertz CT molecular complexity index is 911. The average molecular weight is 679 g/mol. The lowest BCUT2D eigenvalue weighted by Crippen LogP contribution is -2.59. The van der Waals surface area contributed by atoms with E-state index in [0.717, 1.165) is 96.3 Å². The monoisotopic (exact) mass is 678 g/mol. The zero-order valence-corrected chi connectivity index (χ0v) is 29.7. The van der Waals surface area contributed by atoms with E-state index in [2.05, 4.69) is 74.6 Å². The minimum atomic E-state index is -1.54. The van der Waals surface area contributed by atoms with Crippen LogP contribution in [0.25, 0.3) is 0 Å². The van der Waals surface area contributed by atoms with Gasteiger partial charge in [-0.3, -0.25) is 4.79 Å². The molecule has 9 heteroatoms. The molecule has 1 heterocycles. The van der Waals surface area contributed by atoms with Crippen LogP contribution in [0.2, 0.25) is 0 Å². The fourth-order valence-electron chi connectivity index (χ4n) is 5.04. The Morgan fingerprint density at radius 2 is 1.27 bits per heavy atom. The van der Waals surface area contributed by atoms with Crippen LogP contribution in [0.4, 0.5) is 0 Å². The topological polar surface area (TPSA) is 135 Å². The maximum Gasteiger partial charge on any atom is 0.306 e. The van der Waals surface area contributed by atoms with Gasteiger partial charge in [-0.15, -0.1) is 0 Å². The van der Waals surface area contributed by atoms with Crippen LogP contribution in [-0.2, 0) is 23.7 Å². The van der Waals surface area contributed by atoms with Crippen molar-refractivity contribution in [2.45, 2.75) is 153 Å². The molecule has 0 aromatic carbocycles. The lowest BCUT2D eigenvalue weighted by Gasteiger charge is -2.39. The fourth-order valence-corrected chi connectivity index (χ4v) is 5.04.